The molecule has 12 heteroatoms. The highest BCUT2D eigenvalue weighted by Crippen LogP contribution is 2.50. The van der Waals surface area contributed by atoms with Gasteiger partial charge in [-0.2, -0.15) is 18.4 Å². The summed E-state index contributed by atoms with van der Waals surface area (Å²) in [5, 5.41) is 12.0. The van der Waals surface area contributed by atoms with E-state index in [1.165, 1.54) is 19.2 Å². The number of nitrogens with one attached hydrogen (secondary N) is 1. The van der Waals surface area contributed by atoms with Crippen LogP contribution in [0.15, 0.2) is 64.5 Å². The summed E-state index contributed by atoms with van der Waals surface area (Å²) in [4.78, 5) is 40.1. The topological polar surface area (TPSA) is 126 Å². The number of esters is 1. The number of hydrogen-bond acceptors (Lipinski definition) is 7. The van der Waals surface area contributed by atoms with Crippen molar-refractivity contribution in [1.29, 1.82) is 5.26 Å². The summed E-state index contributed by atoms with van der Waals surface area (Å²) in [6.07, 6.45) is -4.91. The van der Waals surface area contributed by atoms with Crippen molar-refractivity contribution >= 4 is 35.2 Å². The predicted octanol–water partition coefficient (Wildman–Crippen LogP) is 4.47. The van der Waals surface area contributed by atoms with Crippen LogP contribution >= 0.6 is 11.8 Å². The molecule has 2 amide bonds. The van der Waals surface area contributed by atoms with Crippen LogP contribution in [-0.2, 0) is 25.3 Å². The first-order chi connectivity index (χ1) is 18.4. The number of aryl methyl sites for hydroxylation is 2. The predicted molar refractivity (Wildman–Crippen MR) is 137 cm³/mol. The van der Waals surface area contributed by atoms with Crippen LogP contribution in [0.3, 0.4) is 0 Å². The first-order valence-electron chi connectivity index (χ1n) is 11.6. The van der Waals surface area contributed by atoms with Crippen LogP contribution in [0.4, 0.5) is 18.9 Å². The van der Waals surface area contributed by atoms with Gasteiger partial charge in [0.05, 0.1) is 47.3 Å². The van der Waals surface area contributed by atoms with Crippen molar-refractivity contribution in [2.75, 3.05) is 12.4 Å². The molecule has 2 aromatic carbocycles. The van der Waals surface area contributed by atoms with Crippen molar-refractivity contribution in [3.05, 3.63) is 86.7 Å². The molecule has 0 radical (unpaired) electrons. The normalized spacial score (nSPS) is 19.1. The van der Waals surface area contributed by atoms with E-state index in [9.17, 15) is 32.8 Å². The number of amides is 2. The number of carbonyl (C=O) groups is 3. The van der Waals surface area contributed by atoms with Crippen molar-refractivity contribution in [1.82, 2.24) is 4.90 Å². The maximum atomic E-state index is 13.9. The lowest BCUT2D eigenvalue weighted by Gasteiger charge is -2.32. The Balaban J connectivity index is 1.88. The molecule has 0 unspecified atom stereocenters. The van der Waals surface area contributed by atoms with Gasteiger partial charge in [0.15, 0.2) is 0 Å². The zero-order chi connectivity index (χ0) is 28.6. The lowest BCUT2D eigenvalue weighted by Crippen LogP contribution is -2.39. The van der Waals surface area contributed by atoms with Crippen LogP contribution < -0.4 is 11.1 Å². The van der Waals surface area contributed by atoms with Crippen LogP contribution in [0.25, 0.3) is 0 Å². The Bertz CT molecular complexity index is 1480. The molecule has 2 heterocycles. The first kappa shape index (κ1) is 27.8. The summed E-state index contributed by atoms with van der Waals surface area (Å²) >= 11 is 0.913. The van der Waals surface area contributed by atoms with Crippen molar-refractivity contribution in [2.24, 2.45) is 5.73 Å². The fourth-order valence-electron chi connectivity index (χ4n) is 4.49. The second kappa shape index (κ2) is 10.5. The zero-order valence-corrected chi connectivity index (χ0v) is 21.9. The standard InChI is InChI=1S/C27H23F3N4O4S/c1-13-4-9-18(14(2)10-13)33-24(36)22-21(15-5-7-16(8-6-15)27(28,29)30)17(12-31)23(32)34-25(37)19(39-26(22)34)11-20(35)38-3/h4-10,19,21H,11,32H2,1-3H3,(H,33,36)/t19-,21+/m1/s1. The average molecular weight is 557 g/mol. The maximum absolute atomic E-state index is 13.9. The maximum Gasteiger partial charge on any atom is 0.416 e. The minimum absolute atomic E-state index is 0.0498. The van der Waals surface area contributed by atoms with Gasteiger partial charge in [-0.15, -0.1) is 0 Å². The van der Waals surface area contributed by atoms with Gasteiger partial charge in [-0.3, -0.25) is 19.3 Å². The molecule has 0 spiro atoms. The summed E-state index contributed by atoms with van der Waals surface area (Å²) in [5.74, 6) is -3.39. The van der Waals surface area contributed by atoms with E-state index in [1.807, 2.05) is 19.1 Å². The monoisotopic (exact) mass is 556 g/mol. The highest BCUT2D eigenvalue weighted by molar-refractivity contribution is 8.04. The Morgan fingerprint density at radius 1 is 1.18 bits per heavy atom. The molecule has 2 aliphatic heterocycles. The van der Waals surface area contributed by atoms with E-state index < -0.39 is 40.7 Å². The smallest absolute Gasteiger partial charge is 0.416 e. The minimum atomic E-state index is -4.59. The molecule has 0 saturated carbocycles. The third kappa shape index (κ3) is 5.22. The van der Waals surface area contributed by atoms with Crippen molar-refractivity contribution in [3.8, 4) is 6.07 Å². The van der Waals surface area contributed by atoms with Gasteiger partial charge >= 0.3 is 12.1 Å². The second-order valence-electron chi connectivity index (χ2n) is 9.02. The molecule has 39 heavy (non-hydrogen) atoms. The highest BCUT2D eigenvalue weighted by Gasteiger charge is 2.48. The van der Waals surface area contributed by atoms with E-state index in [0.29, 0.717) is 5.69 Å². The number of alkyl halides is 3. The molecule has 0 bridgehead atoms. The summed E-state index contributed by atoms with van der Waals surface area (Å²) in [5.41, 5.74) is 7.50. The van der Waals surface area contributed by atoms with Gasteiger partial charge in [0.25, 0.3) is 5.91 Å². The van der Waals surface area contributed by atoms with Crippen molar-refractivity contribution in [3.63, 3.8) is 0 Å². The van der Waals surface area contributed by atoms with Crippen LogP contribution in [0, 0.1) is 25.2 Å². The number of allylic oxidation sites excluding steroid dienone is 1. The summed E-state index contributed by atoms with van der Waals surface area (Å²) in [6.45, 7) is 3.68. The Hall–Kier alpha value is -4.24. The molecule has 3 N–H and O–H groups in total. The number of methoxy groups -OCH3 is 1. The highest BCUT2D eigenvalue weighted by atomic mass is 32.2. The number of hydrogen-bond donors (Lipinski definition) is 2. The number of rotatable bonds is 5. The number of anilines is 1. The third-order valence-corrected chi connectivity index (χ3v) is 7.70. The number of nitrogens with two attached hydrogens (primary N) is 1. The number of carbonyl (C=O) groups excluding carboxylic acids is 3. The van der Waals surface area contributed by atoms with E-state index in [0.717, 1.165) is 39.9 Å². The molecular formula is C27H23F3N4O4S. The molecule has 0 aromatic heterocycles. The van der Waals surface area contributed by atoms with Gasteiger partial charge in [-0.1, -0.05) is 41.6 Å². The molecule has 0 aliphatic carbocycles. The largest absolute Gasteiger partial charge is 0.469 e. The van der Waals surface area contributed by atoms with Crippen molar-refractivity contribution < 1.29 is 32.3 Å². The Kier molecular flexibility index (Phi) is 7.48. The number of thioether (sulfide) groups is 1. The third-order valence-electron chi connectivity index (χ3n) is 6.42. The van der Waals surface area contributed by atoms with E-state index in [2.05, 4.69) is 10.1 Å². The molecule has 2 aliphatic rings. The molecule has 1 saturated heterocycles. The fourth-order valence-corrected chi connectivity index (χ4v) is 5.81. The first-order valence-corrected chi connectivity index (χ1v) is 12.5. The number of ether oxygens (including phenoxy) is 1. The summed E-state index contributed by atoms with van der Waals surface area (Å²) in [7, 11) is 1.17. The van der Waals surface area contributed by atoms with Crippen LogP contribution in [-0.4, -0.2) is 35.0 Å². The van der Waals surface area contributed by atoms with Gasteiger partial charge in [-0.05, 0) is 43.2 Å². The van der Waals surface area contributed by atoms with E-state index >= 15 is 0 Å². The number of benzene rings is 2. The molecule has 2 atom stereocenters. The average Bonchev–Trinajstić information content (AvgIpc) is 3.20. The van der Waals surface area contributed by atoms with Gasteiger partial charge in [-0.25, -0.2) is 0 Å². The van der Waals surface area contributed by atoms with Gasteiger partial charge in [0.2, 0.25) is 5.91 Å². The van der Waals surface area contributed by atoms with Crippen LogP contribution in [0.2, 0.25) is 0 Å². The molecule has 4 rings (SSSR count). The zero-order valence-electron chi connectivity index (χ0n) is 21.1. The number of nitrogens with zero attached hydrogens (tertiary/aromatic N) is 2. The van der Waals surface area contributed by atoms with Crippen molar-refractivity contribution in [2.45, 2.75) is 37.6 Å². The van der Waals surface area contributed by atoms with E-state index in [4.69, 9.17) is 5.73 Å². The molecule has 1 fully saturated rings. The van der Waals surface area contributed by atoms with E-state index in [-0.39, 0.29) is 34.0 Å². The fraction of sp³-hybridized carbons (Fsp3) is 0.259. The van der Waals surface area contributed by atoms with Crippen LogP contribution in [0.1, 0.15) is 34.6 Å². The lowest BCUT2D eigenvalue weighted by molar-refractivity contribution is -0.142. The minimum Gasteiger partial charge on any atom is -0.469 e. The SMILES string of the molecule is COC(=O)C[C@H]1SC2=C(C(=O)Nc3ccc(C)cc3C)[C@@H](c3ccc(C(F)(F)F)cc3)C(C#N)=C(N)N2C1=O. The Morgan fingerprint density at radius 2 is 1.85 bits per heavy atom. The molecule has 202 valence electrons. The van der Waals surface area contributed by atoms with Gasteiger partial charge < -0.3 is 15.8 Å². The molecule has 2 aromatic rings. The number of nitriles is 1. The van der Waals surface area contributed by atoms with Gasteiger partial charge in [0.1, 0.15) is 11.1 Å². The Morgan fingerprint density at radius 3 is 2.41 bits per heavy atom. The molecular weight excluding hydrogens is 533 g/mol. The van der Waals surface area contributed by atoms with E-state index in [1.54, 1.807) is 19.1 Å². The Labute approximate surface area is 226 Å². The summed E-state index contributed by atoms with van der Waals surface area (Å²) < 4.78 is 44.4. The lowest BCUT2D eigenvalue weighted by atomic mass is 9.82. The second-order valence-corrected chi connectivity index (χ2v) is 10.2. The van der Waals surface area contributed by atoms with Gasteiger partial charge in [0, 0.05) is 5.69 Å². The quantitative estimate of drug-likeness (QED) is 0.521. The van der Waals surface area contributed by atoms with Crippen LogP contribution in [0.5, 0.6) is 0 Å². The summed E-state index contributed by atoms with van der Waals surface area (Å²) in [6, 6.07) is 11.3. The number of halogens is 3. The molecule has 8 nitrogen and oxygen atoms in total. The number of fused-ring (bicyclic) bond motifs is 1.